The summed E-state index contributed by atoms with van der Waals surface area (Å²) >= 11 is 0. The Bertz CT molecular complexity index is 881. The summed E-state index contributed by atoms with van der Waals surface area (Å²) in [4.78, 5) is 27.4. The Morgan fingerprint density at radius 3 is 2.89 bits per heavy atom. The molecule has 1 aliphatic heterocycles. The number of aromatic nitrogens is 5. The van der Waals surface area contributed by atoms with Crippen LogP contribution in [0.15, 0.2) is 55.2 Å². The van der Waals surface area contributed by atoms with Gasteiger partial charge in [-0.25, -0.2) is 9.97 Å². The first kappa shape index (κ1) is 17.1. The van der Waals surface area contributed by atoms with Crippen molar-refractivity contribution in [1.29, 1.82) is 0 Å². The number of carbonyl (C=O) groups excluding carboxylic acids is 1. The Labute approximate surface area is 157 Å². The molecule has 0 aliphatic carbocycles. The lowest BCUT2D eigenvalue weighted by molar-refractivity contribution is -0.120. The van der Waals surface area contributed by atoms with E-state index in [9.17, 15) is 4.79 Å². The van der Waals surface area contributed by atoms with Crippen LogP contribution < -0.4 is 10.2 Å². The summed E-state index contributed by atoms with van der Waals surface area (Å²) in [6, 6.07) is 7.50. The molecule has 3 aromatic rings. The fourth-order valence-electron chi connectivity index (χ4n) is 3.25. The number of anilines is 2. The third kappa shape index (κ3) is 4.28. The highest BCUT2D eigenvalue weighted by molar-refractivity contribution is 5.92. The van der Waals surface area contributed by atoms with Gasteiger partial charge in [-0.2, -0.15) is 5.10 Å². The van der Waals surface area contributed by atoms with Crippen molar-refractivity contribution >= 4 is 17.7 Å². The van der Waals surface area contributed by atoms with E-state index in [1.165, 1.54) is 0 Å². The minimum Gasteiger partial charge on any atom is -0.340 e. The Hall–Kier alpha value is -3.29. The van der Waals surface area contributed by atoms with Crippen LogP contribution in [0.25, 0.3) is 0 Å². The number of hydrogen-bond donors (Lipinski definition) is 1. The zero-order chi connectivity index (χ0) is 18.5. The number of carbonyl (C=O) groups is 1. The molecule has 0 spiro atoms. The molecule has 1 saturated heterocycles. The molecule has 4 heterocycles. The second kappa shape index (κ2) is 7.94. The van der Waals surface area contributed by atoms with Gasteiger partial charge in [0, 0.05) is 50.1 Å². The molecule has 1 N–H and O–H groups in total. The highest BCUT2D eigenvalue weighted by Gasteiger charge is 2.27. The molecule has 0 saturated carbocycles. The zero-order valence-corrected chi connectivity index (χ0v) is 14.9. The third-order valence-corrected chi connectivity index (χ3v) is 4.59. The second-order valence-corrected chi connectivity index (χ2v) is 6.58. The fourth-order valence-corrected chi connectivity index (χ4v) is 3.25. The maximum Gasteiger partial charge on any atom is 0.230 e. The molecule has 1 atom stereocenters. The maximum absolute atomic E-state index is 12.7. The van der Waals surface area contributed by atoms with E-state index in [1.807, 2.05) is 30.6 Å². The van der Waals surface area contributed by atoms with Gasteiger partial charge in [-0.15, -0.1) is 0 Å². The molecule has 0 aromatic carbocycles. The summed E-state index contributed by atoms with van der Waals surface area (Å²) in [6.07, 6.45) is 10.6. The minimum absolute atomic E-state index is 0.0118. The largest absolute Gasteiger partial charge is 0.340 e. The predicted octanol–water partition coefficient (Wildman–Crippen LogP) is 1.97. The number of pyridine rings is 1. The van der Waals surface area contributed by atoms with Crippen LogP contribution in [-0.4, -0.2) is 43.7 Å². The lowest BCUT2D eigenvalue weighted by Gasteiger charge is -2.31. The van der Waals surface area contributed by atoms with Crippen molar-refractivity contribution in [2.24, 2.45) is 5.92 Å². The van der Waals surface area contributed by atoms with Crippen LogP contribution in [-0.2, 0) is 11.3 Å². The van der Waals surface area contributed by atoms with E-state index in [4.69, 9.17) is 0 Å². The molecule has 8 nitrogen and oxygen atoms in total. The summed E-state index contributed by atoms with van der Waals surface area (Å²) in [6.45, 7) is 2.10. The lowest BCUT2D eigenvalue weighted by atomic mass is 9.97. The molecule has 1 unspecified atom stereocenters. The summed E-state index contributed by atoms with van der Waals surface area (Å²) in [5, 5.41) is 7.37. The van der Waals surface area contributed by atoms with Crippen molar-refractivity contribution in [3.05, 3.63) is 60.8 Å². The summed E-state index contributed by atoms with van der Waals surface area (Å²) in [7, 11) is 0. The van der Waals surface area contributed by atoms with Gasteiger partial charge in [0.25, 0.3) is 0 Å². The van der Waals surface area contributed by atoms with Crippen LogP contribution in [0.1, 0.15) is 18.4 Å². The normalized spacial score (nSPS) is 16.9. The molecule has 1 fully saturated rings. The van der Waals surface area contributed by atoms with Gasteiger partial charge in [0.15, 0.2) is 5.82 Å². The van der Waals surface area contributed by atoms with Crippen molar-refractivity contribution in [2.45, 2.75) is 19.4 Å². The first-order valence-electron chi connectivity index (χ1n) is 9.03. The van der Waals surface area contributed by atoms with Crippen molar-refractivity contribution in [2.75, 3.05) is 23.3 Å². The Kier molecular flexibility index (Phi) is 5.04. The quantitative estimate of drug-likeness (QED) is 0.746. The van der Waals surface area contributed by atoms with E-state index in [0.29, 0.717) is 24.9 Å². The van der Waals surface area contributed by atoms with E-state index in [1.54, 1.807) is 29.3 Å². The van der Waals surface area contributed by atoms with Gasteiger partial charge in [-0.05, 0) is 30.5 Å². The van der Waals surface area contributed by atoms with Crippen LogP contribution in [0, 0.1) is 5.92 Å². The van der Waals surface area contributed by atoms with Crippen molar-refractivity contribution in [3.63, 3.8) is 0 Å². The Morgan fingerprint density at radius 1 is 1.19 bits per heavy atom. The molecule has 0 radical (unpaired) electrons. The van der Waals surface area contributed by atoms with Crippen LogP contribution in [0.3, 0.4) is 0 Å². The van der Waals surface area contributed by atoms with E-state index in [2.05, 4.69) is 30.3 Å². The number of hydrogen-bond acceptors (Lipinski definition) is 6. The van der Waals surface area contributed by atoms with Gasteiger partial charge < -0.3 is 10.2 Å². The van der Waals surface area contributed by atoms with Gasteiger partial charge >= 0.3 is 0 Å². The van der Waals surface area contributed by atoms with Crippen molar-refractivity contribution < 1.29 is 4.79 Å². The molecule has 1 amide bonds. The molecular formula is C19H21N7O. The molecule has 4 rings (SSSR count). The van der Waals surface area contributed by atoms with E-state index in [0.717, 1.165) is 24.9 Å². The third-order valence-electron chi connectivity index (χ3n) is 4.59. The lowest BCUT2D eigenvalue weighted by Crippen LogP contribution is -2.41. The molecule has 8 heteroatoms. The molecule has 3 aromatic heterocycles. The van der Waals surface area contributed by atoms with Crippen LogP contribution in [0.5, 0.6) is 0 Å². The molecular weight excluding hydrogens is 342 g/mol. The molecule has 27 heavy (non-hydrogen) atoms. The molecule has 0 bridgehead atoms. The number of nitrogens with one attached hydrogen (secondary N) is 1. The van der Waals surface area contributed by atoms with Crippen LogP contribution in [0.2, 0.25) is 0 Å². The minimum atomic E-state index is -0.106. The topological polar surface area (TPSA) is 88.8 Å². The zero-order valence-electron chi connectivity index (χ0n) is 14.9. The SMILES string of the molecule is O=C(Nc1ccn(Cc2cccnc2)n1)C1CCCN(c2ncccn2)C1. The number of nitrogens with zero attached hydrogens (tertiary/aromatic N) is 6. The second-order valence-electron chi connectivity index (χ2n) is 6.58. The average molecular weight is 363 g/mol. The number of piperidine rings is 1. The van der Waals surface area contributed by atoms with Gasteiger partial charge in [-0.1, -0.05) is 6.07 Å². The highest BCUT2D eigenvalue weighted by atomic mass is 16.2. The highest BCUT2D eigenvalue weighted by Crippen LogP contribution is 2.21. The van der Waals surface area contributed by atoms with Crippen LogP contribution >= 0.6 is 0 Å². The number of rotatable bonds is 5. The average Bonchev–Trinajstić information content (AvgIpc) is 3.16. The smallest absolute Gasteiger partial charge is 0.230 e. The Morgan fingerprint density at radius 2 is 2.07 bits per heavy atom. The first-order chi connectivity index (χ1) is 13.3. The molecule has 138 valence electrons. The summed E-state index contributed by atoms with van der Waals surface area (Å²) in [5.41, 5.74) is 1.06. The first-order valence-corrected chi connectivity index (χ1v) is 9.03. The number of amides is 1. The van der Waals surface area contributed by atoms with Gasteiger partial charge in [0.2, 0.25) is 11.9 Å². The summed E-state index contributed by atoms with van der Waals surface area (Å²) < 4.78 is 1.79. The summed E-state index contributed by atoms with van der Waals surface area (Å²) in [5.74, 6) is 1.13. The van der Waals surface area contributed by atoms with E-state index >= 15 is 0 Å². The van der Waals surface area contributed by atoms with Crippen molar-refractivity contribution in [3.8, 4) is 0 Å². The fraction of sp³-hybridized carbons (Fsp3) is 0.316. The molecule has 1 aliphatic rings. The Balaban J connectivity index is 1.36. The van der Waals surface area contributed by atoms with Crippen molar-refractivity contribution in [1.82, 2.24) is 24.7 Å². The van der Waals surface area contributed by atoms with Gasteiger partial charge in [0.05, 0.1) is 12.5 Å². The van der Waals surface area contributed by atoms with Gasteiger partial charge in [-0.3, -0.25) is 14.5 Å². The standard InChI is InChI=1S/C19H21N7O/c27-18(16-5-2-10-25(14-16)19-21-8-3-9-22-19)23-17-6-11-26(24-17)13-15-4-1-7-20-12-15/h1,3-4,6-9,11-12,16H,2,5,10,13-14H2,(H,23,24,27). The predicted molar refractivity (Wildman–Crippen MR) is 101 cm³/mol. The van der Waals surface area contributed by atoms with Crippen LogP contribution in [0.4, 0.5) is 11.8 Å². The van der Waals surface area contributed by atoms with E-state index in [-0.39, 0.29) is 11.8 Å². The van der Waals surface area contributed by atoms with E-state index < -0.39 is 0 Å². The maximum atomic E-state index is 12.7. The monoisotopic (exact) mass is 363 g/mol. The van der Waals surface area contributed by atoms with Gasteiger partial charge in [0.1, 0.15) is 0 Å².